The van der Waals surface area contributed by atoms with E-state index in [-0.39, 0.29) is 11.3 Å². The molecule has 1 amide bonds. The van der Waals surface area contributed by atoms with Crippen molar-refractivity contribution in [2.24, 2.45) is 0 Å². The molecule has 4 rings (SSSR count). The van der Waals surface area contributed by atoms with E-state index in [4.69, 9.17) is 11.0 Å². The van der Waals surface area contributed by atoms with Gasteiger partial charge in [-0.3, -0.25) is 4.79 Å². The maximum atomic E-state index is 13.6. The molecule has 3 aromatic rings. The SMILES string of the molecule is [2H]c1c([2H])c(C2(c3c([2H])c([2H])c(O)c([2H])c3[2H])C(=O)Nc3ccccc32)c([2H])c([2H])c1O. The van der Waals surface area contributed by atoms with Crippen LogP contribution in [-0.4, -0.2) is 16.1 Å². The first-order chi connectivity index (χ1) is 15.0. The van der Waals surface area contributed by atoms with E-state index in [1.807, 2.05) is 0 Å². The third-order valence-electron chi connectivity index (χ3n) is 3.89. The molecule has 0 atom stereocenters. The van der Waals surface area contributed by atoms with E-state index in [2.05, 4.69) is 5.32 Å². The van der Waals surface area contributed by atoms with E-state index in [0.29, 0.717) is 0 Å². The lowest BCUT2D eigenvalue weighted by Crippen LogP contribution is -2.36. The second-order valence-electron chi connectivity index (χ2n) is 5.20. The van der Waals surface area contributed by atoms with Gasteiger partial charge in [-0.05, 0) is 41.4 Å². The van der Waals surface area contributed by atoms with Gasteiger partial charge in [-0.25, -0.2) is 0 Å². The number of nitrogens with one attached hydrogen (secondary N) is 1. The van der Waals surface area contributed by atoms with Crippen LogP contribution < -0.4 is 5.32 Å². The van der Waals surface area contributed by atoms with E-state index >= 15 is 0 Å². The molecule has 4 nitrogen and oxygen atoms in total. The Balaban J connectivity index is 2.33. The van der Waals surface area contributed by atoms with Crippen molar-refractivity contribution in [3.63, 3.8) is 0 Å². The zero-order valence-corrected chi connectivity index (χ0v) is 12.1. The van der Waals surface area contributed by atoms with Crippen molar-refractivity contribution in [3.05, 3.63) is 89.3 Å². The van der Waals surface area contributed by atoms with E-state index < -0.39 is 82.3 Å². The van der Waals surface area contributed by atoms with Crippen LogP contribution in [0, 0.1) is 0 Å². The Morgan fingerprint density at radius 2 is 1.33 bits per heavy atom. The number of phenolic OH excluding ortho intramolecular Hbond substituents is 2. The lowest BCUT2D eigenvalue weighted by Gasteiger charge is -2.29. The summed E-state index contributed by atoms with van der Waals surface area (Å²) in [6, 6.07) is -0.361. The molecule has 0 radical (unpaired) electrons. The van der Waals surface area contributed by atoms with Gasteiger partial charge in [0.2, 0.25) is 5.91 Å². The van der Waals surface area contributed by atoms with Gasteiger partial charge >= 0.3 is 0 Å². The number of phenols is 2. The highest BCUT2D eigenvalue weighted by Crippen LogP contribution is 2.47. The largest absolute Gasteiger partial charge is 0.508 e. The molecule has 1 aliphatic heterocycles. The molecule has 0 saturated heterocycles. The van der Waals surface area contributed by atoms with Gasteiger partial charge in [-0.15, -0.1) is 0 Å². The maximum Gasteiger partial charge on any atom is 0.244 e. The number of anilines is 1. The van der Waals surface area contributed by atoms with Crippen molar-refractivity contribution in [1.29, 1.82) is 0 Å². The lowest BCUT2D eigenvalue weighted by molar-refractivity contribution is -0.118. The third kappa shape index (κ3) is 1.90. The van der Waals surface area contributed by atoms with E-state index in [9.17, 15) is 15.0 Å². The number of carbonyl (C=O) groups is 1. The molecule has 3 N–H and O–H groups in total. The monoisotopic (exact) mass is 325 g/mol. The first-order valence-corrected chi connectivity index (χ1v) is 6.98. The van der Waals surface area contributed by atoms with Gasteiger partial charge in [0.05, 0.1) is 11.0 Å². The summed E-state index contributed by atoms with van der Waals surface area (Å²) in [6.45, 7) is 0. The first-order valence-electron chi connectivity index (χ1n) is 11.0. The van der Waals surface area contributed by atoms with Crippen LogP contribution in [0.15, 0.2) is 72.6 Å². The number of hydrogen-bond acceptors (Lipinski definition) is 3. The number of rotatable bonds is 2. The molecule has 0 spiro atoms. The summed E-state index contributed by atoms with van der Waals surface area (Å²) in [5.41, 5.74) is -3.11. The quantitative estimate of drug-likeness (QED) is 0.676. The highest BCUT2D eigenvalue weighted by atomic mass is 16.3. The molecular formula is C20H15NO3. The topological polar surface area (TPSA) is 69.6 Å². The van der Waals surface area contributed by atoms with Crippen LogP contribution in [0.4, 0.5) is 5.69 Å². The van der Waals surface area contributed by atoms with Crippen molar-refractivity contribution in [3.8, 4) is 11.5 Å². The smallest absolute Gasteiger partial charge is 0.244 e. The number of carbonyl (C=O) groups excluding carboxylic acids is 1. The fourth-order valence-corrected chi connectivity index (χ4v) is 2.87. The normalized spacial score (nSPS) is 19.6. The highest BCUT2D eigenvalue weighted by Gasteiger charge is 2.49. The Labute approximate surface area is 150 Å². The molecule has 118 valence electrons. The second-order valence-corrected chi connectivity index (χ2v) is 5.20. The molecule has 24 heavy (non-hydrogen) atoms. The van der Waals surface area contributed by atoms with Crippen LogP contribution in [0.1, 0.15) is 27.7 Å². The molecule has 0 saturated carbocycles. The molecule has 0 bridgehead atoms. The minimum Gasteiger partial charge on any atom is -0.508 e. The van der Waals surface area contributed by atoms with Crippen molar-refractivity contribution in [2.75, 3.05) is 5.32 Å². The van der Waals surface area contributed by atoms with Gasteiger partial charge in [0.25, 0.3) is 0 Å². The summed E-state index contributed by atoms with van der Waals surface area (Å²) >= 11 is 0. The van der Waals surface area contributed by atoms with Crippen LogP contribution >= 0.6 is 0 Å². The van der Waals surface area contributed by atoms with Gasteiger partial charge in [-0.1, -0.05) is 42.4 Å². The summed E-state index contributed by atoms with van der Waals surface area (Å²) in [5.74, 6) is -2.79. The summed E-state index contributed by atoms with van der Waals surface area (Å²) < 4.78 is 65.9. The number of aromatic hydroxyl groups is 2. The predicted molar refractivity (Wildman–Crippen MR) is 91.2 cm³/mol. The Morgan fingerprint density at radius 3 is 1.88 bits per heavy atom. The van der Waals surface area contributed by atoms with E-state index in [0.717, 1.165) is 0 Å². The number of benzene rings is 3. The number of hydrogen-bond donors (Lipinski definition) is 3. The van der Waals surface area contributed by atoms with Crippen molar-refractivity contribution < 1.29 is 26.0 Å². The van der Waals surface area contributed by atoms with Gasteiger partial charge in [0.15, 0.2) is 0 Å². The van der Waals surface area contributed by atoms with Crippen molar-refractivity contribution in [2.45, 2.75) is 5.41 Å². The third-order valence-corrected chi connectivity index (χ3v) is 3.89. The number of para-hydroxylation sites is 1. The van der Waals surface area contributed by atoms with E-state index in [1.54, 1.807) is 6.07 Å². The minimum absolute atomic E-state index is 0.0861. The summed E-state index contributed by atoms with van der Waals surface area (Å²) in [5, 5.41) is 22.6. The molecule has 0 fully saturated rings. The van der Waals surface area contributed by atoms with Gasteiger partial charge in [0, 0.05) is 11.3 Å². The molecule has 0 unspecified atom stereocenters. The van der Waals surface area contributed by atoms with Crippen LogP contribution in [0.5, 0.6) is 11.5 Å². The zero-order chi connectivity index (χ0) is 23.7. The van der Waals surface area contributed by atoms with Gasteiger partial charge < -0.3 is 15.5 Å². The molecular weight excluding hydrogens is 302 g/mol. The molecule has 1 heterocycles. The average molecular weight is 325 g/mol. The standard InChI is InChI=1S/C20H15NO3/c22-15-9-5-13(6-10-15)20(14-7-11-16(23)12-8-14)17-3-1-2-4-18(17)21-19(20)24/h1-12,22-23H,(H,21,24)/i5D,6D,7D,8D,9D,10D,11D,12D. The summed E-state index contributed by atoms with van der Waals surface area (Å²) in [7, 11) is 0. The summed E-state index contributed by atoms with van der Waals surface area (Å²) in [4.78, 5) is 13.6. The Bertz CT molecular complexity index is 1210. The first kappa shape index (κ1) is 8.02. The molecule has 0 aromatic heterocycles. The fraction of sp³-hybridized carbons (Fsp3) is 0.0500. The average Bonchev–Trinajstić information content (AvgIpc) is 3.06. The second kappa shape index (κ2) is 5.13. The van der Waals surface area contributed by atoms with Crippen LogP contribution in [-0.2, 0) is 10.2 Å². The molecule has 1 aliphatic rings. The van der Waals surface area contributed by atoms with E-state index in [1.165, 1.54) is 18.2 Å². The van der Waals surface area contributed by atoms with Gasteiger partial charge in [0.1, 0.15) is 16.9 Å². The van der Waals surface area contributed by atoms with Crippen LogP contribution in [0.3, 0.4) is 0 Å². The fourth-order valence-electron chi connectivity index (χ4n) is 2.87. The lowest BCUT2D eigenvalue weighted by atomic mass is 9.70. The van der Waals surface area contributed by atoms with Gasteiger partial charge in [-0.2, -0.15) is 0 Å². The Morgan fingerprint density at radius 1 is 0.833 bits per heavy atom. The maximum absolute atomic E-state index is 13.6. The molecule has 3 aromatic carbocycles. The van der Waals surface area contributed by atoms with Crippen molar-refractivity contribution >= 4 is 11.6 Å². The molecule has 0 aliphatic carbocycles. The van der Waals surface area contributed by atoms with Crippen molar-refractivity contribution in [1.82, 2.24) is 0 Å². The molecule has 4 heteroatoms. The minimum atomic E-state index is -2.32. The summed E-state index contributed by atoms with van der Waals surface area (Å²) in [6.07, 6.45) is 0. The number of amides is 1. The van der Waals surface area contributed by atoms with Crippen LogP contribution in [0.25, 0.3) is 0 Å². The Hall–Kier alpha value is -3.27. The number of fused-ring (bicyclic) bond motifs is 1. The zero-order valence-electron chi connectivity index (χ0n) is 20.1. The Kier molecular flexibility index (Phi) is 1.71. The highest BCUT2D eigenvalue weighted by molar-refractivity contribution is 6.11. The predicted octanol–water partition coefficient (Wildman–Crippen LogP) is 3.38. The van der Waals surface area contributed by atoms with Crippen LogP contribution in [0.2, 0.25) is 0 Å².